The fourth-order valence-electron chi connectivity index (χ4n) is 3.44. The number of aromatic nitrogens is 5. The number of amides is 1. The smallest absolute Gasteiger partial charge is 0.284 e. The largest absolute Gasteiger partial charge is 0.497 e. The lowest BCUT2D eigenvalue weighted by Gasteiger charge is -2.20. The lowest BCUT2D eigenvalue weighted by molar-refractivity contribution is -0.131. The number of carbonyl (C=O) groups excluding carboxylic acids is 1. The van der Waals surface area contributed by atoms with Crippen molar-refractivity contribution in [2.45, 2.75) is 32.2 Å². The van der Waals surface area contributed by atoms with Crippen molar-refractivity contribution in [1.82, 2.24) is 29.4 Å². The van der Waals surface area contributed by atoms with Gasteiger partial charge in [-0.3, -0.25) is 14.2 Å². The third kappa shape index (κ3) is 3.47. The third-order valence-corrected chi connectivity index (χ3v) is 4.99. The van der Waals surface area contributed by atoms with E-state index in [4.69, 9.17) is 4.74 Å². The summed E-state index contributed by atoms with van der Waals surface area (Å²) in [5, 5.41) is 8.06. The lowest BCUT2D eigenvalue weighted by Crippen LogP contribution is -2.37. The summed E-state index contributed by atoms with van der Waals surface area (Å²) >= 11 is 0. The molecule has 0 radical (unpaired) electrons. The molecule has 0 unspecified atom stereocenters. The van der Waals surface area contributed by atoms with Gasteiger partial charge in [-0.2, -0.15) is 4.68 Å². The van der Waals surface area contributed by atoms with Gasteiger partial charge in [-0.1, -0.05) is 24.1 Å². The first kappa shape index (κ1) is 18.1. The van der Waals surface area contributed by atoms with Crippen LogP contribution in [0.1, 0.15) is 25.7 Å². The predicted molar refractivity (Wildman–Crippen MR) is 103 cm³/mol. The van der Waals surface area contributed by atoms with Crippen LogP contribution in [-0.4, -0.2) is 55.6 Å². The highest BCUT2D eigenvalue weighted by Crippen LogP contribution is 2.18. The van der Waals surface area contributed by atoms with Crippen molar-refractivity contribution in [1.29, 1.82) is 0 Å². The zero-order valence-electron chi connectivity index (χ0n) is 15.7. The molecule has 0 N–H and O–H groups in total. The monoisotopic (exact) mass is 382 g/mol. The summed E-state index contributed by atoms with van der Waals surface area (Å²) in [5.74, 6) is 0.600. The first-order chi connectivity index (χ1) is 13.7. The molecule has 0 bridgehead atoms. The van der Waals surface area contributed by atoms with E-state index in [1.807, 2.05) is 23.1 Å². The number of ether oxygens (including phenoxy) is 1. The maximum atomic E-state index is 12.8. The molecule has 28 heavy (non-hydrogen) atoms. The Bertz CT molecular complexity index is 1050. The van der Waals surface area contributed by atoms with Crippen LogP contribution in [0.25, 0.3) is 16.9 Å². The molecule has 1 saturated heterocycles. The maximum Gasteiger partial charge on any atom is 0.284 e. The van der Waals surface area contributed by atoms with Gasteiger partial charge in [0.2, 0.25) is 5.91 Å². The number of carbonyl (C=O) groups is 1. The Balaban J connectivity index is 1.63. The molecule has 146 valence electrons. The molecule has 4 rings (SSSR count). The Morgan fingerprint density at radius 3 is 2.71 bits per heavy atom. The number of nitrogens with zero attached hydrogens (tertiary/aromatic N) is 6. The molecule has 3 aromatic rings. The molecular formula is C19H22N6O3. The van der Waals surface area contributed by atoms with Gasteiger partial charge in [0.15, 0.2) is 11.2 Å². The minimum absolute atomic E-state index is 0.0339. The van der Waals surface area contributed by atoms with E-state index in [0.717, 1.165) is 38.8 Å². The van der Waals surface area contributed by atoms with Gasteiger partial charge in [0, 0.05) is 19.2 Å². The van der Waals surface area contributed by atoms with E-state index in [0.29, 0.717) is 17.1 Å². The second-order valence-corrected chi connectivity index (χ2v) is 6.85. The van der Waals surface area contributed by atoms with Gasteiger partial charge in [0.25, 0.3) is 5.56 Å². The maximum absolute atomic E-state index is 12.8. The highest BCUT2D eigenvalue weighted by Gasteiger charge is 2.19. The van der Waals surface area contributed by atoms with Gasteiger partial charge in [0.1, 0.15) is 18.6 Å². The Morgan fingerprint density at radius 1 is 1.18 bits per heavy atom. The van der Waals surface area contributed by atoms with Crippen molar-refractivity contribution in [3.05, 3.63) is 40.9 Å². The van der Waals surface area contributed by atoms with Crippen LogP contribution in [0.4, 0.5) is 0 Å². The molecule has 9 heteroatoms. The normalized spacial score (nSPS) is 14.8. The van der Waals surface area contributed by atoms with Crippen molar-refractivity contribution in [2.24, 2.45) is 0 Å². The minimum Gasteiger partial charge on any atom is -0.497 e. The van der Waals surface area contributed by atoms with E-state index in [9.17, 15) is 9.59 Å². The van der Waals surface area contributed by atoms with E-state index >= 15 is 0 Å². The van der Waals surface area contributed by atoms with E-state index in [2.05, 4.69) is 15.3 Å². The quantitative estimate of drug-likeness (QED) is 0.677. The van der Waals surface area contributed by atoms with Crippen molar-refractivity contribution >= 4 is 17.1 Å². The van der Waals surface area contributed by atoms with Crippen LogP contribution in [0, 0.1) is 0 Å². The first-order valence-electron chi connectivity index (χ1n) is 9.40. The van der Waals surface area contributed by atoms with E-state index in [1.54, 1.807) is 13.2 Å². The molecule has 1 fully saturated rings. The number of hydrogen-bond donors (Lipinski definition) is 0. The Hall–Kier alpha value is -3.23. The summed E-state index contributed by atoms with van der Waals surface area (Å²) in [6, 6.07) is 7.25. The highest BCUT2D eigenvalue weighted by molar-refractivity contribution is 5.77. The summed E-state index contributed by atoms with van der Waals surface area (Å²) in [6.07, 6.45) is 5.69. The van der Waals surface area contributed by atoms with E-state index < -0.39 is 0 Å². The SMILES string of the molecule is COc1cccc(-n2nnc3c(=O)n(CC(=O)N4CCCCCC4)cnc32)c1. The van der Waals surface area contributed by atoms with Gasteiger partial charge < -0.3 is 9.64 Å². The first-order valence-corrected chi connectivity index (χ1v) is 9.40. The van der Waals surface area contributed by atoms with Crippen molar-refractivity contribution in [3.63, 3.8) is 0 Å². The van der Waals surface area contributed by atoms with Gasteiger partial charge in [0.05, 0.1) is 12.8 Å². The number of hydrogen-bond acceptors (Lipinski definition) is 6. The summed E-state index contributed by atoms with van der Waals surface area (Å²) in [4.78, 5) is 31.6. The second kappa shape index (κ2) is 7.79. The van der Waals surface area contributed by atoms with E-state index in [1.165, 1.54) is 15.6 Å². The van der Waals surface area contributed by atoms with Crippen molar-refractivity contribution in [3.8, 4) is 11.4 Å². The number of fused-ring (bicyclic) bond motifs is 1. The van der Waals surface area contributed by atoms with Crippen LogP contribution in [0.2, 0.25) is 0 Å². The van der Waals surface area contributed by atoms with Crippen LogP contribution < -0.4 is 10.3 Å². The minimum atomic E-state index is -0.373. The van der Waals surface area contributed by atoms with Crippen LogP contribution >= 0.6 is 0 Å². The molecule has 2 aromatic heterocycles. The number of rotatable bonds is 4. The topological polar surface area (TPSA) is 95.1 Å². The molecule has 1 aromatic carbocycles. The lowest BCUT2D eigenvalue weighted by atomic mass is 10.2. The van der Waals surface area contributed by atoms with Crippen LogP contribution in [-0.2, 0) is 11.3 Å². The van der Waals surface area contributed by atoms with Crippen molar-refractivity contribution < 1.29 is 9.53 Å². The fraction of sp³-hybridized carbons (Fsp3) is 0.421. The van der Waals surface area contributed by atoms with Gasteiger partial charge in [-0.15, -0.1) is 5.10 Å². The average Bonchev–Trinajstić information content (AvgIpc) is 2.96. The van der Waals surface area contributed by atoms with Gasteiger partial charge >= 0.3 is 0 Å². The second-order valence-electron chi connectivity index (χ2n) is 6.85. The molecule has 0 saturated carbocycles. The van der Waals surface area contributed by atoms with Gasteiger partial charge in [-0.05, 0) is 25.0 Å². The molecular weight excluding hydrogens is 360 g/mol. The molecule has 0 aliphatic carbocycles. The average molecular weight is 382 g/mol. The van der Waals surface area contributed by atoms with Crippen LogP contribution in [0.5, 0.6) is 5.75 Å². The number of likely N-dealkylation sites (tertiary alicyclic amines) is 1. The zero-order valence-corrected chi connectivity index (χ0v) is 15.7. The molecule has 9 nitrogen and oxygen atoms in total. The molecule has 1 aliphatic heterocycles. The standard InChI is InChI=1S/C19H22N6O3/c1-28-15-8-6-7-14(11-15)25-18-17(21-22-25)19(27)24(13-20-18)12-16(26)23-9-4-2-3-5-10-23/h6-8,11,13H,2-5,9-10,12H2,1H3. The fourth-order valence-corrected chi connectivity index (χ4v) is 3.44. The summed E-state index contributed by atoms with van der Waals surface area (Å²) in [5.41, 5.74) is 0.792. The van der Waals surface area contributed by atoms with E-state index in [-0.39, 0.29) is 23.5 Å². The number of benzene rings is 1. The van der Waals surface area contributed by atoms with Crippen LogP contribution in [0.3, 0.4) is 0 Å². The Labute approximate surface area is 161 Å². The Morgan fingerprint density at radius 2 is 1.96 bits per heavy atom. The molecule has 1 amide bonds. The van der Waals surface area contributed by atoms with Crippen LogP contribution in [0.15, 0.2) is 35.4 Å². The van der Waals surface area contributed by atoms with Gasteiger partial charge in [-0.25, -0.2) is 4.98 Å². The molecule has 0 spiro atoms. The molecule has 1 aliphatic rings. The zero-order chi connectivity index (χ0) is 19.5. The molecule has 0 atom stereocenters. The van der Waals surface area contributed by atoms with Crippen molar-refractivity contribution in [2.75, 3.05) is 20.2 Å². The summed E-state index contributed by atoms with van der Waals surface area (Å²) < 4.78 is 8.02. The predicted octanol–water partition coefficient (Wildman–Crippen LogP) is 1.39. The summed E-state index contributed by atoms with van der Waals surface area (Å²) in [6.45, 7) is 1.46. The Kier molecular flexibility index (Phi) is 5.05. The number of methoxy groups -OCH3 is 1. The molecule has 3 heterocycles. The third-order valence-electron chi connectivity index (χ3n) is 4.99. The highest BCUT2D eigenvalue weighted by atomic mass is 16.5. The summed E-state index contributed by atoms with van der Waals surface area (Å²) in [7, 11) is 1.58.